The van der Waals surface area contributed by atoms with Gasteiger partial charge in [-0.2, -0.15) is 0 Å². The van der Waals surface area contributed by atoms with Crippen LogP contribution in [0.2, 0.25) is 0 Å². The summed E-state index contributed by atoms with van der Waals surface area (Å²) < 4.78 is 5.00. The lowest BCUT2D eigenvalue weighted by Crippen LogP contribution is -2.09. The van der Waals surface area contributed by atoms with Crippen molar-refractivity contribution < 1.29 is 0 Å². The molecule has 2 heterocycles. The third kappa shape index (κ3) is 3.75. The van der Waals surface area contributed by atoms with E-state index >= 15 is 0 Å². The predicted octanol–water partition coefficient (Wildman–Crippen LogP) is 2.31. The molecule has 7 heteroatoms. The molecule has 0 N–H and O–H groups in total. The zero-order chi connectivity index (χ0) is 14.5. The van der Waals surface area contributed by atoms with E-state index in [1.54, 1.807) is 6.20 Å². The largest absolute Gasteiger partial charge is 0.337 e. The monoisotopic (exact) mass is 346 g/mol. The molecule has 0 saturated carbocycles. The Labute approximate surface area is 130 Å². The van der Waals surface area contributed by atoms with E-state index in [4.69, 9.17) is 0 Å². The van der Waals surface area contributed by atoms with Gasteiger partial charge in [0.25, 0.3) is 0 Å². The molecule has 6 nitrogen and oxygen atoms in total. The van der Waals surface area contributed by atoms with Crippen LogP contribution in [0.25, 0.3) is 0 Å². The van der Waals surface area contributed by atoms with Crippen LogP contribution in [0.4, 0.5) is 0 Å². The van der Waals surface area contributed by atoms with Gasteiger partial charge >= 0.3 is 0 Å². The van der Waals surface area contributed by atoms with Crippen LogP contribution in [-0.4, -0.2) is 29.8 Å². The number of benzene rings is 1. The van der Waals surface area contributed by atoms with Crippen molar-refractivity contribution in [2.45, 2.75) is 25.9 Å². The molecule has 0 amide bonds. The molecule has 0 saturated heterocycles. The van der Waals surface area contributed by atoms with E-state index in [0.29, 0.717) is 0 Å². The molecule has 0 aliphatic rings. The number of nitrogens with zero attached hydrogens (tertiary/aromatic N) is 6. The Hall–Kier alpha value is -2.02. The molecule has 1 aromatic carbocycles. The molecule has 0 fully saturated rings. The summed E-state index contributed by atoms with van der Waals surface area (Å²) in [6.07, 6.45) is 7.28. The molecular formula is C14H15BrN6. The Morgan fingerprint density at radius 1 is 1.10 bits per heavy atom. The molecule has 0 spiro atoms. The second kappa shape index (κ2) is 6.62. The fourth-order valence-corrected chi connectivity index (χ4v) is 2.39. The minimum atomic E-state index is 0.741. The van der Waals surface area contributed by atoms with Crippen molar-refractivity contribution >= 4 is 15.9 Å². The standard InChI is InChI=1S/C14H15BrN6/c15-13-4-2-12(3-5-13)10-14-17-18-19-21(14)8-1-7-20-9-6-16-11-20/h2-6,9,11H,1,7-8,10H2. The van der Waals surface area contributed by atoms with E-state index in [1.165, 1.54) is 5.56 Å². The van der Waals surface area contributed by atoms with Crippen molar-refractivity contribution in [1.82, 2.24) is 29.8 Å². The highest BCUT2D eigenvalue weighted by molar-refractivity contribution is 9.10. The smallest absolute Gasteiger partial charge is 0.155 e. The van der Waals surface area contributed by atoms with E-state index in [2.05, 4.69) is 53.1 Å². The Morgan fingerprint density at radius 2 is 1.95 bits per heavy atom. The van der Waals surface area contributed by atoms with Crippen molar-refractivity contribution in [1.29, 1.82) is 0 Å². The number of halogens is 1. The van der Waals surface area contributed by atoms with E-state index < -0.39 is 0 Å². The van der Waals surface area contributed by atoms with Crippen molar-refractivity contribution in [3.8, 4) is 0 Å². The predicted molar refractivity (Wildman–Crippen MR) is 81.6 cm³/mol. The van der Waals surface area contributed by atoms with Crippen molar-refractivity contribution in [2.75, 3.05) is 0 Å². The van der Waals surface area contributed by atoms with Crippen LogP contribution in [0, 0.1) is 0 Å². The van der Waals surface area contributed by atoms with Crippen LogP contribution in [0.3, 0.4) is 0 Å². The van der Waals surface area contributed by atoms with Gasteiger partial charge in [-0.25, -0.2) is 9.67 Å². The molecule has 0 aliphatic carbocycles. The lowest BCUT2D eigenvalue weighted by Gasteiger charge is -2.05. The third-order valence-corrected chi connectivity index (χ3v) is 3.76. The fourth-order valence-electron chi connectivity index (χ4n) is 2.13. The number of aromatic nitrogens is 6. The number of aryl methyl sites for hydroxylation is 2. The average Bonchev–Trinajstić information content (AvgIpc) is 3.14. The normalized spacial score (nSPS) is 10.9. The van der Waals surface area contributed by atoms with Gasteiger partial charge in [0.2, 0.25) is 0 Å². The van der Waals surface area contributed by atoms with Crippen molar-refractivity contribution in [3.05, 3.63) is 58.8 Å². The molecule has 0 unspecified atom stereocenters. The summed E-state index contributed by atoms with van der Waals surface area (Å²) in [7, 11) is 0. The van der Waals surface area contributed by atoms with Crippen LogP contribution < -0.4 is 0 Å². The Bertz CT molecular complexity index is 674. The zero-order valence-electron chi connectivity index (χ0n) is 11.4. The van der Waals surface area contributed by atoms with Gasteiger partial charge in [-0.3, -0.25) is 0 Å². The lowest BCUT2D eigenvalue weighted by molar-refractivity contribution is 0.503. The van der Waals surface area contributed by atoms with Gasteiger partial charge in [-0.05, 0) is 34.5 Å². The van der Waals surface area contributed by atoms with Gasteiger partial charge in [-0.15, -0.1) is 5.10 Å². The SMILES string of the molecule is Brc1ccc(Cc2nnnn2CCCn2ccnc2)cc1. The van der Waals surface area contributed by atoms with Crippen LogP contribution in [-0.2, 0) is 19.5 Å². The summed E-state index contributed by atoms with van der Waals surface area (Å²) in [5.41, 5.74) is 1.20. The molecule has 0 atom stereocenters. The third-order valence-electron chi connectivity index (χ3n) is 3.23. The summed E-state index contributed by atoms with van der Waals surface area (Å²) in [6, 6.07) is 8.22. The fraction of sp³-hybridized carbons (Fsp3) is 0.286. The maximum atomic E-state index is 4.12. The molecular weight excluding hydrogens is 332 g/mol. The minimum absolute atomic E-state index is 0.741. The van der Waals surface area contributed by atoms with Gasteiger partial charge in [0, 0.05) is 36.4 Å². The Morgan fingerprint density at radius 3 is 2.71 bits per heavy atom. The maximum absolute atomic E-state index is 4.12. The molecule has 0 bridgehead atoms. The highest BCUT2D eigenvalue weighted by atomic mass is 79.9. The Balaban J connectivity index is 1.59. The highest BCUT2D eigenvalue weighted by Gasteiger charge is 2.07. The first-order valence-corrected chi connectivity index (χ1v) is 7.56. The zero-order valence-corrected chi connectivity index (χ0v) is 13.0. The van der Waals surface area contributed by atoms with Crippen molar-refractivity contribution in [3.63, 3.8) is 0 Å². The van der Waals surface area contributed by atoms with Crippen LogP contribution in [0.1, 0.15) is 17.8 Å². The molecule has 3 rings (SSSR count). The molecule has 21 heavy (non-hydrogen) atoms. The maximum Gasteiger partial charge on any atom is 0.155 e. The van der Waals surface area contributed by atoms with Crippen LogP contribution in [0.5, 0.6) is 0 Å². The summed E-state index contributed by atoms with van der Waals surface area (Å²) in [5, 5.41) is 12.0. The first-order chi connectivity index (χ1) is 10.3. The first-order valence-electron chi connectivity index (χ1n) is 6.76. The van der Waals surface area contributed by atoms with Gasteiger partial charge in [-0.1, -0.05) is 28.1 Å². The van der Waals surface area contributed by atoms with Gasteiger partial charge in [0.15, 0.2) is 5.82 Å². The number of hydrogen-bond acceptors (Lipinski definition) is 4. The first kappa shape index (κ1) is 13.9. The lowest BCUT2D eigenvalue weighted by atomic mass is 10.1. The minimum Gasteiger partial charge on any atom is -0.337 e. The molecule has 2 aromatic heterocycles. The van der Waals surface area contributed by atoms with E-state index in [0.717, 1.165) is 36.2 Å². The average molecular weight is 347 g/mol. The molecule has 3 aromatic rings. The molecule has 0 aliphatic heterocycles. The number of hydrogen-bond donors (Lipinski definition) is 0. The summed E-state index contributed by atoms with van der Waals surface area (Å²) >= 11 is 3.44. The van der Waals surface area contributed by atoms with Gasteiger partial charge < -0.3 is 4.57 Å². The topological polar surface area (TPSA) is 61.4 Å². The summed E-state index contributed by atoms with van der Waals surface area (Å²) in [6.45, 7) is 1.72. The summed E-state index contributed by atoms with van der Waals surface area (Å²) in [4.78, 5) is 4.03. The number of imidazole rings is 1. The van der Waals surface area contributed by atoms with E-state index in [-0.39, 0.29) is 0 Å². The number of rotatable bonds is 6. The van der Waals surface area contributed by atoms with Crippen LogP contribution >= 0.6 is 15.9 Å². The quantitative estimate of drug-likeness (QED) is 0.687. The van der Waals surface area contributed by atoms with Gasteiger partial charge in [0.05, 0.1) is 6.33 Å². The summed E-state index contributed by atoms with van der Waals surface area (Å²) in [5.74, 6) is 0.892. The Kier molecular flexibility index (Phi) is 4.40. The molecule has 108 valence electrons. The number of tetrazole rings is 1. The van der Waals surface area contributed by atoms with Crippen LogP contribution in [0.15, 0.2) is 47.5 Å². The van der Waals surface area contributed by atoms with Crippen molar-refractivity contribution in [2.24, 2.45) is 0 Å². The van der Waals surface area contributed by atoms with Gasteiger partial charge in [0.1, 0.15) is 0 Å². The second-order valence-corrected chi connectivity index (χ2v) is 5.69. The van der Waals surface area contributed by atoms with E-state index in [1.807, 2.05) is 29.3 Å². The molecule has 0 radical (unpaired) electrons. The highest BCUT2D eigenvalue weighted by Crippen LogP contribution is 2.13. The van der Waals surface area contributed by atoms with E-state index in [9.17, 15) is 0 Å². The second-order valence-electron chi connectivity index (χ2n) is 4.78.